The number of aromatic nitrogens is 1. The first kappa shape index (κ1) is 16.6. The minimum atomic E-state index is -3.17. The number of nitrogens with one attached hydrogen (secondary N) is 1. The van der Waals surface area contributed by atoms with E-state index >= 15 is 0 Å². The lowest BCUT2D eigenvalue weighted by Crippen LogP contribution is -2.05. The van der Waals surface area contributed by atoms with Crippen molar-refractivity contribution in [3.05, 3.63) is 40.4 Å². The van der Waals surface area contributed by atoms with Gasteiger partial charge in [0.1, 0.15) is 0 Å². The molecule has 0 aliphatic carbocycles. The van der Waals surface area contributed by atoms with Gasteiger partial charge in [-0.05, 0) is 24.1 Å². The van der Waals surface area contributed by atoms with Crippen molar-refractivity contribution >= 4 is 32.2 Å². The highest BCUT2D eigenvalue weighted by molar-refractivity contribution is 7.90. The molecule has 1 N–H and O–H groups in total. The fraction of sp³-hybridized carbons (Fsp3) is 0.333. The van der Waals surface area contributed by atoms with Crippen LogP contribution in [0.1, 0.15) is 30.0 Å². The number of sulfone groups is 1. The first-order valence-corrected chi connectivity index (χ1v) is 9.55. The van der Waals surface area contributed by atoms with Gasteiger partial charge >= 0.3 is 0 Å². The number of hydrogen-bond acceptors (Lipinski definition) is 5. The second-order valence-electron chi connectivity index (χ2n) is 5.02. The molecule has 118 valence electrons. The fourth-order valence-corrected chi connectivity index (χ4v) is 3.80. The average Bonchev–Trinajstić information content (AvgIpc) is 2.79. The molecule has 1 aromatic heterocycles. The molecule has 0 atom stereocenters. The monoisotopic (exact) mass is 338 g/mol. The highest BCUT2D eigenvalue weighted by Crippen LogP contribution is 2.26. The van der Waals surface area contributed by atoms with E-state index in [0.29, 0.717) is 16.4 Å². The van der Waals surface area contributed by atoms with Crippen LogP contribution in [0.2, 0.25) is 0 Å². The summed E-state index contributed by atoms with van der Waals surface area (Å²) in [5.74, 6) is -0.138. The third-order valence-corrected chi connectivity index (χ3v) is 5.25. The lowest BCUT2D eigenvalue weighted by molar-refractivity contribution is -0.114. The van der Waals surface area contributed by atoms with E-state index in [9.17, 15) is 13.2 Å². The van der Waals surface area contributed by atoms with Crippen molar-refractivity contribution in [2.24, 2.45) is 0 Å². The van der Waals surface area contributed by atoms with Crippen LogP contribution in [0.5, 0.6) is 0 Å². The SMILES string of the molecule is CCc1nc(NC(C)=O)sc1Cc1ccc(S(C)(=O)=O)cc1. The number of amides is 1. The highest BCUT2D eigenvalue weighted by Gasteiger charge is 2.12. The van der Waals surface area contributed by atoms with Crippen molar-refractivity contribution in [1.82, 2.24) is 4.98 Å². The number of nitrogens with zero attached hydrogens (tertiary/aromatic N) is 1. The van der Waals surface area contributed by atoms with E-state index in [1.54, 1.807) is 12.1 Å². The standard InChI is InChI=1S/C15H18N2O3S2/c1-4-13-14(21-15(17-13)16-10(2)18)9-11-5-7-12(8-6-11)22(3,19)20/h5-8H,4,9H2,1-3H3,(H,16,17,18). The molecule has 0 saturated carbocycles. The Bertz CT molecular complexity index is 778. The molecule has 7 heteroatoms. The molecule has 1 amide bonds. The van der Waals surface area contributed by atoms with E-state index in [0.717, 1.165) is 22.6 Å². The second-order valence-corrected chi connectivity index (χ2v) is 8.12. The van der Waals surface area contributed by atoms with Crippen LogP contribution < -0.4 is 5.32 Å². The molecule has 0 aliphatic heterocycles. The molecule has 0 unspecified atom stereocenters. The summed E-state index contributed by atoms with van der Waals surface area (Å²) in [6.45, 7) is 3.47. The number of carbonyl (C=O) groups is 1. The summed E-state index contributed by atoms with van der Waals surface area (Å²) in [5.41, 5.74) is 1.97. The Morgan fingerprint density at radius 2 is 1.91 bits per heavy atom. The van der Waals surface area contributed by atoms with Crippen LogP contribution in [0.4, 0.5) is 5.13 Å². The second kappa shape index (κ2) is 6.58. The number of rotatable bonds is 5. The molecule has 5 nitrogen and oxygen atoms in total. The fourth-order valence-electron chi connectivity index (χ4n) is 2.04. The van der Waals surface area contributed by atoms with Gasteiger partial charge in [0.05, 0.1) is 10.6 Å². The quantitative estimate of drug-likeness (QED) is 0.909. The normalized spacial score (nSPS) is 11.4. The zero-order chi connectivity index (χ0) is 16.3. The molecule has 0 bridgehead atoms. The van der Waals surface area contributed by atoms with E-state index in [1.165, 1.54) is 24.5 Å². The van der Waals surface area contributed by atoms with Gasteiger partial charge in [-0.1, -0.05) is 19.1 Å². The van der Waals surface area contributed by atoms with Crippen LogP contribution in [0.3, 0.4) is 0 Å². The van der Waals surface area contributed by atoms with Crippen LogP contribution in [0.15, 0.2) is 29.2 Å². The Balaban J connectivity index is 2.23. The summed E-state index contributed by atoms with van der Waals surface area (Å²) in [7, 11) is -3.17. The van der Waals surface area contributed by atoms with Crippen LogP contribution in [0, 0.1) is 0 Å². The van der Waals surface area contributed by atoms with E-state index in [2.05, 4.69) is 10.3 Å². The van der Waals surface area contributed by atoms with Gasteiger partial charge in [0, 0.05) is 24.5 Å². The van der Waals surface area contributed by atoms with E-state index in [4.69, 9.17) is 0 Å². The topological polar surface area (TPSA) is 76.1 Å². The molecular weight excluding hydrogens is 320 g/mol. The van der Waals surface area contributed by atoms with E-state index in [1.807, 2.05) is 19.1 Å². The molecule has 0 saturated heterocycles. The highest BCUT2D eigenvalue weighted by atomic mass is 32.2. The lowest BCUT2D eigenvalue weighted by Gasteiger charge is -2.03. The van der Waals surface area contributed by atoms with Crippen LogP contribution in [0.25, 0.3) is 0 Å². The summed E-state index contributed by atoms with van der Waals surface area (Å²) in [5, 5.41) is 3.31. The van der Waals surface area contributed by atoms with Gasteiger partial charge in [-0.2, -0.15) is 0 Å². The van der Waals surface area contributed by atoms with Crippen molar-refractivity contribution in [3.8, 4) is 0 Å². The molecule has 1 heterocycles. The summed E-state index contributed by atoms with van der Waals surface area (Å²) >= 11 is 1.46. The minimum Gasteiger partial charge on any atom is -0.302 e. The van der Waals surface area contributed by atoms with Crippen molar-refractivity contribution in [1.29, 1.82) is 0 Å². The predicted octanol–water partition coefficient (Wildman–Crippen LogP) is 2.66. The van der Waals surface area contributed by atoms with Gasteiger partial charge in [-0.25, -0.2) is 13.4 Å². The van der Waals surface area contributed by atoms with E-state index in [-0.39, 0.29) is 5.91 Å². The summed E-state index contributed by atoms with van der Waals surface area (Å²) < 4.78 is 22.9. The molecule has 0 fully saturated rings. The van der Waals surface area contributed by atoms with Crippen molar-refractivity contribution in [2.45, 2.75) is 31.6 Å². The Hall–Kier alpha value is -1.73. The van der Waals surface area contributed by atoms with Crippen molar-refractivity contribution in [2.75, 3.05) is 11.6 Å². The van der Waals surface area contributed by atoms with Gasteiger partial charge in [0.15, 0.2) is 15.0 Å². The molecule has 0 aliphatic rings. The van der Waals surface area contributed by atoms with Crippen LogP contribution in [-0.4, -0.2) is 25.6 Å². The third-order valence-electron chi connectivity index (χ3n) is 3.11. The first-order chi connectivity index (χ1) is 10.3. The van der Waals surface area contributed by atoms with Gasteiger partial charge in [0.2, 0.25) is 5.91 Å². The molecule has 0 spiro atoms. The third kappa shape index (κ3) is 4.14. The zero-order valence-electron chi connectivity index (χ0n) is 12.7. The number of anilines is 1. The van der Waals surface area contributed by atoms with Gasteiger partial charge < -0.3 is 5.32 Å². The van der Waals surface area contributed by atoms with Crippen molar-refractivity contribution < 1.29 is 13.2 Å². The minimum absolute atomic E-state index is 0.138. The Kier molecular flexibility index (Phi) is 4.97. The van der Waals surface area contributed by atoms with E-state index < -0.39 is 9.84 Å². The zero-order valence-corrected chi connectivity index (χ0v) is 14.3. The number of carbonyl (C=O) groups excluding carboxylic acids is 1. The van der Waals surface area contributed by atoms with Gasteiger partial charge in [0.25, 0.3) is 0 Å². The summed E-state index contributed by atoms with van der Waals surface area (Å²) in [4.78, 5) is 16.9. The molecular formula is C15H18N2O3S2. The molecule has 1 aromatic carbocycles. The molecule has 2 aromatic rings. The number of aryl methyl sites for hydroxylation is 1. The Morgan fingerprint density at radius 1 is 1.27 bits per heavy atom. The number of thiazole rings is 1. The largest absolute Gasteiger partial charge is 0.302 e. The summed E-state index contributed by atoms with van der Waals surface area (Å²) in [6.07, 6.45) is 2.65. The maximum atomic E-state index is 11.5. The predicted molar refractivity (Wildman–Crippen MR) is 88.2 cm³/mol. The first-order valence-electron chi connectivity index (χ1n) is 6.84. The maximum Gasteiger partial charge on any atom is 0.223 e. The molecule has 0 radical (unpaired) electrons. The molecule has 22 heavy (non-hydrogen) atoms. The van der Waals surface area contributed by atoms with Crippen molar-refractivity contribution in [3.63, 3.8) is 0 Å². The average molecular weight is 338 g/mol. The van der Waals surface area contributed by atoms with Crippen LogP contribution >= 0.6 is 11.3 Å². The number of benzene rings is 1. The molecule has 2 rings (SSSR count). The van der Waals surface area contributed by atoms with Gasteiger partial charge in [-0.15, -0.1) is 11.3 Å². The Morgan fingerprint density at radius 3 is 2.41 bits per heavy atom. The Labute approximate surface area is 134 Å². The smallest absolute Gasteiger partial charge is 0.223 e. The van der Waals surface area contributed by atoms with Gasteiger partial charge in [-0.3, -0.25) is 4.79 Å². The lowest BCUT2D eigenvalue weighted by atomic mass is 10.1. The van der Waals surface area contributed by atoms with Crippen LogP contribution in [-0.2, 0) is 27.5 Å². The maximum absolute atomic E-state index is 11.5. The number of hydrogen-bond donors (Lipinski definition) is 1. The summed E-state index contributed by atoms with van der Waals surface area (Å²) in [6, 6.07) is 6.86.